The minimum absolute atomic E-state index is 0.0193. The van der Waals surface area contributed by atoms with Crippen LogP contribution in [-0.4, -0.2) is 46.8 Å². The van der Waals surface area contributed by atoms with E-state index in [-0.39, 0.29) is 41.6 Å². The lowest BCUT2D eigenvalue weighted by Crippen LogP contribution is -2.51. The smallest absolute Gasteiger partial charge is 0.226 e. The lowest BCUT2D eigenvalue weighted by atomic mass is 9.86. The number of carbonyl (C=O) groups is 2. The van der Waals surface area contributed by atoms with E-state index in [0.29, 0.717) is 6.54 Å². The van der Waals surface area contributed by atoms with E-state index in [1.54, 1.807) is 19.1 Å². The normalized spacial score (nSPS) is 29.9. The molecule has 3 aliphatic rings. The Labute approximate surface area is 172 Å². The minimum Gasteiger partial charge on any atom is -0.337 e. The standard InChI is InChI=1S/C24H31FN2O2/c1-17(28)26-14-7-3-6-13-22-23(26)21(19-11-8-12-20(25)15-19)16-27(22)24(29)18-9-4-2-5-10-18/h2,4,8,11-12,15,18,21-23H,3,5-7,9-10,13-14,16H2,1H3/t18?,21-,22+,23-/m0/s1. The first-order valence-corrected chi connectivity index (χ1v) is 11.0. The Balaban J connectivity index is 1.71. The summed E-state index contributed by atoms with van der Waals surface area (Å²) in [5.41, 5.74) is 0.894. The zero-order chi connectivity index (χ0) is 20.4. The summed E-state index contributed by atoms with van der Waals surface area (Å²) in [5, 5.41) is 0. The van der Waals surface area contributed by atoms with E-state index in [0.717, 1.165) is 57.1 Å². The molecule has 5 heteroatoms. The molecule has 156 valence electrons. The SMILES string of the molecule is CC(=O)N1CCCCC[C@@H]2[C@@H]1[C@H](c1cccc(F)c1)CN2C(=O)C1CC=CCC1. The summed E-state index contributed by atoms with van der Waals surface area (Å²) in [6, 6.07) is 6.66. The molecule has 29 heavy (non-hydrogen) atoms. The second-order valence-corrected chi connectivity index (χ2v) is 8.75. The number of likely N-dealkylation sites (tertiary alicyclic amines) is 2. The van der Waals surface area contributed by atoms with Crippen molar-refractivity contribution < 1.29 is 14.0 Å². The van der Waals surface area contributed by atoms with E-state index in [4.69, 9.17) is 0 Å². The third-order valence-electron chi connectivity index (χ3n) is 6.94. The monoisotopic (exact) mass is 398 g/mol. The summed E-state index contributed by atoms with van der Waals surface area (Å²) in [6.45, 7) is 2.91. The second-order valence-electron chi connectivity index (χ2n) is 8.75. The fraction of sp³-hybridized carbons (Fsp3) is 0.583. The Hall–Kier alpha value is -2.17. The van der Waals surface area contributed by atoms with Crippen LogP contribution in [0.3, 0.4) is 0 Å². The van der Waals surface area contributed by atoms with E-state index < -0.39 is 0 Å². The van der Waals surface area contributed by atoms with Gasteiger partial charge in [-0.2, -0.15) is 0 Å². The topological polar surface area (TPSA) is 40.6 Å². The summed E-state index contributed by atoms with van der Waals surface area (Å²) in [7, 11) is 0. The third-order valence-corrected chi connectivity index (χ3v) is 6.94. The second kappa shape index (κ2) is 8.68. The van der Waals surface area contributed by atoms with Crippen LogP contribution in [0.4, 0.5) is 4.39 Å². The molecule has 2 saturated heterocycles. The lowest BCUT2D eigenvalue weighted by molar-refractivity contribution is -0.139. The number of halogens is 1. The zero-order valence-corrected chi connectivity index (χ0v) is 17.2. The molecule has 1 aliphatic carbocycles. The predicted octanol–water partition coefficient (Wildman–Crippen LogP) is 4.27. The maximum atomic E-state index is 14.0. The van der Waals surface area contributed by atoms with Crippen LogP contribution >= 0.6 is 0 Å². The van der Waals surface area contributed by atoms with Gasteiger partial charge in [-0.15, -0.1) is 0 Å². The van der Waals surface area contributed by atoms with Crippen LogP contribution in [0, 0.1) is 11.7 Å². The van der Waals surface area contributed by atoms with Crippen LogP contribution in [-0.2, 0) is 9.59 Å². The average molecular weight is 399 g/mol. The Morgan fingerprint density at radius 3 is 2.66 bits per heavy atom. The number of nitrogens with zero attached hydrogens (tertiary/aromatic N) is 2. The first-order valence-electron chi connectivity index (χ1n) is 11.0. The fourth-order valence-corrected chi connectivity index (χ4v) is 5.53. The number of fused-ring (bicyclic) bond motifs is 1. The van der Waals surface area contributed by atoms with Gasteiger partial charge in [0.05, 0.1) is 12.1 Å². The van der Waals surface area contributed by atoms with Crippen LogP contribution in [0.2, 0.25) is 0 Å². The maximum absolute atomic E-state index is 14.0. The highest BCUT2D eigenvalue weighted by atomic mass is 19.1. The summed E-state index contributed by atoms with van der Waals surface area (Å²) < 4.78 is 14.0. The van der Waals surface area contributed by atoms with Crippen LogP contribution in [0.15, 0.2) is 36.4 Å². The van der Waals surface area contributed by atoms with Crippen molar-refractivity contribution in [2.75, 3.05) is 13.1 Å². The predicted molar refractivity (Wildman–Crippen MR) is 111 cm³/mol. The number of hydrogen-bond acceptors (Lipinski definition) is 2. The molecule has 0 radical (unpaired) electrons. The maximum Gasteiger partial charge on any atom is 0.226 e. The molecule has 1 aromatic carbocycles. The van der Waals surface area contributed by atoms with Crippen molar-refractivity contribution in [3.05, 3.63) is 47.8 Å². The number of carbonyl (C=O) groups excluding carboxylic acids is 2. The van der Waals surface area contributed by atoms with Crippen LogP contribution < -0.4 is 0 Å². The molecular formula is C24H31FN2O2. The van der Waals surface area contributed by atoms with Gasteiger partial charge in [0.1, 0.15) is 5.82 Å². The van der Waals surface area contributed by atoms with E-state index in [9.17, 15) is 14.0 Å². The highest BCUT2D eigenvalue weighted by molar-refractivity contribution is 5.81. The van der Waals surface area contributed by atoms with Crippen LogP contribution in [0.25, 0.3) is 0 Å². The number of benzene rings is 1. The van der Waals surface area contributed by atoms with Crippen molar-refractivity contribution in [3.8, 4) is 0 Å². The van der Waals surface area contributed by atoms with Gasteiger partial charge in [0, 0.05) is 31.8 Å². The number of allylic oxidation sites excluding steroid dienone is 2. The zero-order valence-electron chi connectivity index (χ0n) is 17.2. The quantitative estimate of drug-likeness (QED) is 0.698. The number of rotatable bonds is 2. The highest BCUT2D eigenvalue weighted by Gasteiger charge is 2.48. The highest BCUT2D eigenvalue weighted by Crippen LogP contribution is 2.40. The van der Waals surface area contributed by atoms with Gasteiger partial charge in [-0.25, -0.2) is 4.39 Å². The van der Waals surface area contributed by atoms with E-state index in [1.807, 2.05) is 15.9 Å². The molecule has 0 bridgehead atoms. The molecule has 2 heterocycles. The van der Waals surface area contributed by atoms with Gasteiger partial charge in [-0.3, -0.25) is 9.59 Å². The van der Waals surface area contributed by atoms with Crippen molar-refractivity contribution in [3.63, 3.8) is 0 Å². The first-order chi connectivity index (χ1) is 14.1. The molecule has 0 N–H and O–H groups in total. The van der Waals surface area contributed by atoms with E-state index >= 15 is 0 Å². The fourth-order valence-electron chi connectivity index (χ4n) is 5.53. The number of amides is 2. The van der Waals surface area contributed by atoms with Gasteiger partial charge < -0.3 is 9.80 Å². The van der Waals surface area contributed by atoms with Crippen molar-refractivity contribution in [2.24, 2.45) is 5.92 Å². The molecule has 4 atom stereocenters. The van der Waals surface area contributed by atoms with E-state index in [2.05, 4.69) is 12.2 Å². The summed E-state index contributed by atoms with van der Waals surface area (Å²) in [4.78, 5) is 30.1. The third kappa shape index (κ3) is 4.10. The van der Waals surface area contributed by atoms with Crippen LogP contribution in [0.5, 0.6) is 0 Å². The molecule has 0 aromatic heterocycles. The lowest BCUT2D eigenvalue weighted by Gasteiger charge is -2.39. The molecule has 0 spiro atoms. The van der Waals surface area contributed by atoms with Gasteiger partial charge >= 0.3 is 0 Å². The molecular weight excluding hydrogens is 367 g/mol. The molecule has 4 nitrogen and oxygen atoms in total. The Morgan fingerprint density at radius 2 is 1.93 bits per heavy atom. The average Bonchev–Trinajstić information content (AvgIpc) is 3.06. The molecule has 4 rings (SSSR count). The minimum atomic E-state index is -0.263. The Kier molecular flexibility index (Phi) is 6.02. The largest absolute Gasteiger partial charge is 0.337 e. The van der Waals surface area contributed by atoms with Gasteiger partial charge in [0.2, 0.25) is 11.8 Å². The van der Waals surface area contributed by atoms with Gasteiger partial charge in [0.25, 0.3) is 0 Å². The molecule has 1 aromatic rings. The van der Waals surface area contributed by atoms with Crippen molar-refractivity contribution >= 4 is 11.8 Å². The van der Waals surface area contributed by atoms with E-state index in [1.165, 1.54) is 6.07 Å². The van der Waals surface area contributed by atoms with Gasteiger partial charge in [0.15, 0.2) is 0 Å². The first kappa shape index (κ1) is 20.1. The van der Waals surface area contributed by atoms with Gasteiger partial charge in [-0.05, 0) is 49.8 Å². The Morgan fingerprint density at radius 1 is 1.07 bits per heavy atom. The number of hydrogen-bond donors (Lipinski definition) is 0. The molecule has 2 aliphatic heterocycles. The molecule has 0 saturated carbocycles. The van der Waals surface area contributed by atoms with Crippen molar-refractivity contribution in [1.29, 1.82) is 0 Å². The molecule has 1 unspecified atom stereocenters. The van der Waals surface area contributed by atoms with Crippen molar-refractivity contribution in [2.45, 2.75) is 69.9 Å². The van der Waals surface area contributed by atoms with Crippen molar-refractivity contribution in [1.82, 2.24) is 9.80 Å². The summed E-state index contributed by atoms with van der Waals surface area (Å²) in [6.07, 6.45) is 10.9. The molecule has 2 fully saturated rings. The summed E-state index contributed by atoms with van der Waals surface area (Å²) >= 11 is 0. The van der Waals surface area contributed by atoms with Gasteiger partial charge in [-0.1, -0.05) is 37.1 Å². The molecule has 2 amide bonds. The van der Waals surface area contributed by atoms with Crippen LogP contribution in [0.1, 0.15) is 63.4 Å². The summed E-state index contributed by atoms with van der Waals surface area (Å²) in [5.74, 6) is -0.00379. The Bertz CT molecular complexity index is 793.